The van der Waals surface area contributed by atoms with Gasteiger partial charge in [0.15, 0.2) is 0 Å². The topological polar surface area (TPSA) is 15.3 Å². The third-order valence-corrected chi connectivity index (χ3v) is 3.78. The number of rotatable bonds is 2. The zero-order valence-electron chi connectivity index (χ0n) is 9.42. The van der Waals surface area contributed by atoms with Crippen LogP contribution in [0.3, 0.4) is 0 Å². The van der Waals surface area contributed by atoms with E-state index in [2.05, 4.69) is 36.2 Å². The summed E-state index contributed by atoms with van der Waals surface area (Å²) in [5.41, 5.74) is 0.348. The predicted octanol–water partition coefficient (Wildman–Crippen LogP) is 1.78. The van der Waals surface area contributed by atoms with Crippen LogP contribution in [0.4, 0.5) is 0 Å². The highest BCUT2D eigenvalue weighted by atomic mass is 15.2. The Balaban J connectivity index is 1.93. The van der Waals surface area contributed by atoms with Crippen molar-refractivity contribution in [1.82, 2.24) is 10.2 Å². The fraction of sp³-hybridized carbons (Fsp3) is 0.833. The summed E-state index contributed by atoms with van der Waals surface area (Å²) in [7, 11) is 0. The van der Waals surface area contributed by atoms with E-state index < -0.39 is 0 Å². The van der Waals surface area contributed by atoms with Gasteiger partial charge in [-0.1, -0.05) is 19.1 Å². The first-order valence-corrected chi connectivity index (χ1v) is 5.87. The Labute approximate surface area is 87.4 Å². The molecule has 1 aliphatic carbocycles. The lowest BCUT2D eigenvalue weighted by Gasteiger charge is -2.43. The minimum atomic E-state index is 0.348. The van der Waals surface area contributed by atoms with Gasteiger partial charge in [-0.3, -0.25) is 4.90 Å². The summed E-state index contributed by atoms with van der Waals surface area (Å²) in [6, 6.07) is 0.794. The van der Waals surface area contributed by atoms with Crippen molar-refractivity contribution >= 4 is 0 Å². The van der Waals surface area contributed by atoms with Gasteiger partial charge in [-0.05, 0) is 26.2 Å². The molecule has 0 amide bonds. The Morgan fingerprint density at radius 2 is 2.14 bits per heavy atom. The fourth-order valence-corrected chi connectivity index (χ4v) is 2.53. The molecule has 2 aliphatic rings. The predicted molar refractivity (Wildman–Crippen MR) is 60.4 cm³/mol. The minimum absolute atomic E-state index is 0.348. The average Bonchev–Trinajstić information content (AvgIpc) is 2.71. The molecule has 0 aromatic carbocycles. The van der Waals surface area contributed by atoms with Gasteiger partial charge < -0.3 is 5.32 Å². The van der Waals surface area contributed by atoms with Gasteiger partial charge in [-0.2, -0.15) is 0 Å². The van der Waals surface area contributed by atoms with Crippen molar-refractivity contribution in [2.75, 3.05) is 19.6 Å². The second-order valence-electron chi connectivity index (χ2n) is 4.91. The van der Waals surface area contributed by atoms with Crippen LogP contribution in [0, 0.1) is 0 Å². The van der Waals surface area contributed by atoms with E-state index in [0.29, 0.717) is 5.54 Å². The van der Waals surface area contributed by atoms with Gasteiger partial charge in [0.05, 0.1) is 0 Å². The summed E-state index contributed by atoms with van der Waals surface area (Å²) >= 11 is 0. The van der Waals surface area contributed by atoms with Crippen LogP contribution in [0.25, 0.3) is 0 Å². The first-order valence-electron chi connectivity index (χ1n) is 5.87. The summed E-state index contributed by atoms with van der Waals surface area (Å²) in [5, 5.41) is 3.64. The molecule has 0 aromatic heterocycles. The number of hydrogen-bond donors (Lipinski definition) is 1. The Morgan fingerprint density at radius 1 is 1.43 bits per heavy atom. The normalized spacial score (nSPS) is 35.3. The molecular formula is C12H22N2. The SMILES string of the molecule is CCC1(C)CN(C2CC=CC2)CCN1. The van der Waals surface area contributed by atoms with Crippen LogP contribution in [0.5, 0.6) is 0 Å². The molecule has 0 radical (unpaired) electrons. The molecule has 0 saturated carbocycles. The molecule has 1 fully saturated rings. The molecule has 2 heteroatoms. The van der Waals surface area contributed by atoms with Crippen LogP contribution < -0.4 is 5.32 Å². The highest BCUT2D eigenvalue weighted by Gasteiger charge is 2.32. The monoisotopic (exact) mass is 194 g/mol. The summed E-state index contributed by atoms with van der Waals surface area (Å²) in [6.07, 6.45) is 8.41. The maximum atomic E-state index is 3.64. The van der Waals surface area contributed by atoms with E-state index >= 15 is 0 Å². The van der Waals surface area contributed by atoms with Gasteiger partial charge in [0.25, 0.3) is 0 Å². The second kappa shape index (κ2) is 4.03. The van der Waals surface area contributed by atoms with Crippen LogP contribution in [-0.2, 0) is 0 Å². The van der Waals surface area contributed by atoms with Gasteiger partial charge >= 0.3 is 0 Å². The standard InChI is InChI=1S/C12H22N2/c1-3-12(2)10-14(9-8-13-12)11-6-4-5-7-11/h4-5,11,13H,3,6-10H2,1-2H3. The van der Waals surface area contributed by atoms with E-state index in [1.165, 1.54) is 32.4 Å². The van der Waals surface area contributed by atoms with E-state index in [9.17, 15) is 0 Å². The average molecular weight is 194 g/mol. The molecule has 0 bridgehead atoms. The third kappa shape index (κ3) is 2.01. The van der Waals surface area contributed by atoms with Crippen molar-refractivity contribution in [3.8, 4) is 0 Å². The van der Waals surface area contributed by atoms with E-state index in [1.807, 2.05) is 0 Å². The van der Waals surface area contributed by atoms with Crippen LogP contribution in [0.2, 0.25) is 0 Å². The molecule has 2 nitrogen and oxygen atoms in total. The maximum Gasteiger partial charge on any atom is 0.0278 e. The quantitative estimate of drug-likeness (QED) is 0.674. The number of piperazine rings is 1. The van der Waals surface area contributed by atoms with Crippen LogP contribution in [0.15, 0.2) is 12.2 Å². The van der Waals surface area contributed by atoms with Gasteiger partial charge in [0.1, 0.15) is 0 Å². The van der Waals surface area contributed by atoms with Crippen molar-refractivity contribution in [2.24, 2.45) is 0 Å². The van der Waals surface area contributed by atoms with E-state index in [-0.39, 0.29) is 0 Å². The molecule has 1 unspecified atom stereocenters. The van der Waals surface area contributed by atoms with Crippen LogP contribution in [-0.4, -0.2) is 36.1 Å². The maximum absolute atomic E-state index is 3.64. The summed E-state index contributed by atoms with van der Waals surface area (Å²) in [6.45, 7) is 8.23. The number of nitrogens with zero attached hydrogens (tertiary/aromatic N) is 1. The molecule has 80 valence electrons. The Morgan fingerprint density at radius 3 is 2.79 bits per heavy atom. The molecule has 0 aromatic rings. The molecule has 1 N–H and O–H groups in total. The minimum Gasteiger partial charge on any atom is -0.309 e. The van der Waals surface area contributed by atoms with Crippen LogP contribution in [0.1, 0.15) is 33.1 Å². The molecule has 14 heavy (non-hydrogen) atoms. The molecule has 1 heterocycles. The summed E-state index contributed by atoms with van der Waals surface area (Å²) < 4.78 is 0. The van der Waals surface area contributed by atoms with Crippen molar-refractivity contribution in [1.29, 1.82) is 0 Å². The van der Waals surface area contributed by atoms with Crippen molar-refractivity contribution in [3.05, 3.63) is 12.2 Å². The lowest BCUT2D eigenvalue weighted by molar-refractivity contribution is 0.102. The lowest BCUT2D eigenvalue weighted by Crippen LogP contribution is -2.60. The Bertz CT molecular complexity index is 216. The highest BCUT2D eigenvalue weighted by Crippen LogP contribution is 2.22. The second-order valence-corrected chi connectivity index (χ2v) is 4.91. The van der Waals surface area contributed by atoms with E-state index in [4.69, 9.17) is 0 Å². The number of hydrogen-bond acceptors (Lipinski definition) is 2. The first kappa shape index (κ1) is 10.2. The van der Waals surface area contributed by atoms with Crippen LogP contribution >= 0.6 is 0 Å². The smallest absolute Gasteiger partial charge is 0.0278 e. The lowest BCUT2D eigenvalue weighted by atomic mass is 9.94. The van der Waals surface area contributed by atoms with Gasteiger partial charge in [-0.25, -0.2) is 0 Å². The third-order valence-electron chi connectivity index (χ3n) is 3.78. The summed E-state index contributed by atoms with van der Waals surface area (Å²) in [4.78, 5) is 2.67. The largest absolute Gasteiger partial charge is 0.309 e. The molecule has 1 atom stereocenters. The first-order chi connectivity index (χ1) is 6.73. The van der Waals surface area contributed by atoms with Crippen molar-refractivity contribution < 1.29 is 0 Å². The zero-order valence-corrected chi connectivity index (χ0v) is 9.42. The Hall–Kier alpha value is -0.340. The molecule has 0 spiro atoms. The molecule has 1 saturated heterocycles. The highest BCUT2D eigenvalue weighted by molar-refractivity contribution is 5.01. The van der Waals surface area contributed by atoms with Crippen molar-refractivity contribution in [3.63, 3.8) is 0 Å². The molecule has 1 aliphatic heterocycles. The van der Waals surface area contributed by atoms with Gasteiger partial charge in [0, 0.05) is 31.2 Å². The van der Waals surface area contributed by atoms with Gasteiger partial charge in [0.2, 0.25) is 0 Å². The fourth-order valence-electron chi connectivity index (χ4n) is 2.53. The zero-order chi connectivity index (χ0) is 10.0. The van der Waals surface area contributed by atoms with Gasteiger partial charge in [-0.15, -0.1) is 0 Å². The van der Waals surface area contributed by atoms with Crippen molar-refractivity contribution in [2.45, 2.75) is 44.7 Å². The molecule has 2 rings (SSSR count). The number of nitrogens with one attached hydrogen (secondary N) is 1. The van der Waals surface area contributed by atoms with E-state index in [0.717, 1.165) is 12.6 Å². The summed E-state index contributed by atoms with van der Waals surface area (Å²) in [5.74, 6) is 0. The molecular weight excluding hydrogens is 172 g/mol. The Kier molecular flexibility index (Phi) is 2.93. The van der Waals surface area contributed by atoms with E-state index in [1.54, 1.807) is 0 Å².